The van der Waals surface area contributed by atoms with E-state index in [0.29, 0.717) is 5.75 Å². The van der Waals surface area contributed by atoms with Crippen LogP contribution in [0.15, 0.2) is 79.0 Å². The van der Waals surface area contributed by atoms with E-state index in [2.05, 4.69) is 21.0 Å². The first-order chi connectivity index (χ1) is 19.7. The molecule has 0 atom stereocenters. The average molecular weight is 551 g/mol. The lowest BCUT2D eigenvalue weighted by molar-refractivity contribution is -0.124. The monoisotopic (exact) mass is 550 g/mol. The molecule has 0 radical (unpaired) electrons. The third-order valence-corrected chi connectivity index (χ3v) is 6.25. The molecule has 0 bridgehead atoms. The van der Waals surface area contributed by atoms with E-state index in [0.717, 1.165) is 44.4 Å². The minimum absolute atomic E-state index is 0.0539. The maximum absolute atomic E-state index is 12.2. The minimum Gasteiger partial charge on any atom is -0.484 e. The van der Waals surface area contributed by atoms with Gasteiger partial charge in [-0.2, -0.15) is 5.10 Å². The molecule has 9 heteroatoms. The predicted molar refractivity (Wildman–Crippen MR) is 162 cm³/mol. The van der Waals surface area contributed by atoms with Gasteiger partial charge in [-0.3, -0.25) is 14.3 Å². The van der Waals surface area contributed by atoms with Gasteiger partial charge in [0, 0.05) is 40.3 Å². The van der Waals surface area contributed by atoms with Gasteiger partial charge in [0.15, 0.2) is 6.61 Å². The molecular weight excluding hydrogens is 516 g/mol. The van der Waals surface area contributed by atoms with Crippen LogP contribution >= 0.6 is 0 Å². The second-order valence-electron chi connectivity index (χ2n) is 10.6. The number of rotatable bonds is 10. The van der Waals surface area contributed by atoms with E-state index < -0.39 is 0 Å². The van der Waals surface area contributed by atoms with Gasteiger partial charge < -0.3 is 20.7 Å². The van der Waals surface area contributed by atoms with Crippen molar-refractivity contribution in [3.63, 3.8) is 0 Å². The molecule has 0 saturated carbocycles. The zero-order valence-corrected chi connectivity index (χ0v) is 23.6. The molecule has 3 aromatic carbocycles. The minimum atomic E-state index is -0.165. The molecular formula is C32H34N6O3. The number of anilines is 2. The summed E-state index contributed by atoms with van der Waals surface area (Å²) in [6.07, 6.45) is 1.88. The molecule has 0 fully saturated rings. The summed E-state index contributed by atoms with van der Waals surface area (Å²) in [5.74, 6) is 0.354. The lowest BCUT2D eigenvalue weighted by Crippen LogP contribution is -2.34. The maximum Gasteiger partial charge on any atom is 0.258 e. The van der Waals surface area contributed by atoms with Gasteiger partial charge in [-0.25, -0.2) is 4.98 Å². The van der Waals surface area contributed by atoms with Crippen LogP contribution in [-0.4, -0.2) is 45.3 Å². The summed E-state index contributed by atoms with van der Waals surface area (Å²) in [5.41, 5.74) is 5.09. The Morgan fingerprint density at radius 1 is 0.854 bits per heavy atom. The first-order valence-corrected chi connectivity index (χ1v) is 13.7. The Morgan fingerprint density at radius 2 is 1.63 bits per heavy atom. The number of nitrogens with zero attached hydrogens (tertiary/aromatic N) is 3. The third kappa shape index (κ3) is 7.00. The Kier molecular flexibility index (Phi) is 8.14. The van der Waals surface area contributed by atoms with Crippen LogP contribution in [-0.2, 0) is 16.1 Å². The van der Waals surface area contributed by atoms with E-state index in [9.17, 15) is 9.59 Å². The third-order valence-electron chi connectivity index (χ3n) is 6.25. The molecule has 0 saturated heterocycles. The quantitative estimate of drug-likeness (QED) is 0.214. The van der Waals surface area contributed by atoms with Crippen LogP contribution < -0.4 is 20.7 Å². The summed E-state index contributed by atoms with van der Waals surface area (Å²) in [6, 6.07) is 23.6. The molecule has 5 rings (SSSR count). The van der Waals surface area contributed by atoms with Gasteiger partial charge in [0.05, 0.1) is 22.4 Å². The van der Waals surface area contributed by atoms with E-state index in [1.807, 2.05) is 107 Å². The van der Waals surface area contributed by atoms with Gasteiger partial charge in [-0.1, -0.05) is 30.3 Å². The summed E-state index contributed by atoms with van der Waals surface area (Å²) >= 11 is 0. The van der Waals surface area contributed by atoms with Crippen LogP contribution in [0.25, 0.3) is 33.1 Å². The molecule has 0 unspecified atom stereocenters. The largest absolute Gasteiger partial charge is 0.484 e. The number of nitrogens with one attached hydrogen (secondary N) is 3. The molecule has 41 heavy (non-hydrogen) atoms. The zero-order valence-electron chi connectivity index (χ0n) is 23.6. The highest BCUT2D eigenvalue weighted by Crippen LogP contribution is 2.32. The van der Waals surface area contributed by atoms with Gasteiger partial charge in [-0.15, -0.1) is 0 Å². The summed E-state index contributed by atoms with van der Waals surface area (Å²) < 4.78 is 7.40. The van der Waals surface area contributed by atoms with Crippen LogP contribution in [0.2, 0.25) is 0 Å². The highest BCUT2D eigenvalue weighted by Gasteiger charge is 2.12. The topological polar surface area (TPSA) is 110 Å². The van der Waals surface area contributed by atoms with Crippen molar-refractivity contribution in [1.82, 2.24) is 25.4 Å². The zero-order chi connectivity index (χ0) is 28.9. The number of para-hydroxylation sites is 1. The molecule has 9 nitrogen and oxygen atoms in total. The fourth-order valence-electron chi connectivity index (χ4n) is 4.59. The lowest BCUT2D eigenvalue weighted by atomic mass is 10.1. The summed E-state index contributed by atoms with van der Waals surface area (Å²) in [6.45, 7) is 7.80. The Morgan fingerprint density at radius 3 is 2.44 bits per heavy atom. The second kappa shape index (κ2) is 12.1. The standard InChI is InChI=1S/C32H34N6O3/c1-20(2)33-31(39)18-38-17-23-14-24(12-13-27(23)37-38)35-30-16-29(36-28-11-6-5-10-26(28)30)22-8-7-9-25(15-22)41-19-32(40)34-21(3)4/h5-17,20-21H,18-19H2,1-4H3,(H,33,39)(H,34,40)(H,35,36). The smallest absolute Gasteiger partial charge is 0.258 e. The van der Waals surface area contributed by atoms with E-state index in [1.54, 1.807) is 4.68 Å². The van der Waals surface area contributed by atoms with Crippen molar-refractivity contribution >= 4 is 45.0 Å². The Bertz CT molecular complexity index is 1710. The number of pyridine rings is 1. The van der Waals surface area contributed by atoms with Crippen molar-refractivity contribution in [2.45, 2.75) is 46.3 Å². The average Bonchev–Trinajstić information content (AvgIpc) is 3.32. The lowest BCUT2D eigenvalue weighted by Gasteiger charge is -2.13. The van der Waals surface area contributed by atoms with Crippen molar-refractivity contribution < 1.29 is 14.3 Å². The van der Waals surface area contributed by atoms with E-state index >= 15 is 0 Å². The van der Waals surface area contributed by atoms with Crippen molar-refractivity contribution in [2.75, 3.05) is 11.9 Å². The van der Waals surface area contributed by atoms with Crippen molar-refractivity contribution in [2.24, 2.45) is 0 Å². The van der Waals surface area contributed by atoms with Gasteiger partial charge in [-0.05, 0) is 70.2 Å². The molecule has 2 amide bonds. The SMILES string of the molecule is CC(C)NC(=O)COc1cccc(-c2cc(Nc3ccc4nn(CC(=O)NC(C)C)cc4c3)c3ccccc3n2)c1. The number of hydrogen-bond donors (Lipinski definition) is 3. The van der Waals surface area contributed by atoms with Crippen molar-refractivity contribution in [3.05, 3.63) is 79.0 Å². The number of fused-ring (bicyclic) bond motifs is 2. The number of amides is 2. The van der Waals surface area contributed by atoms with Gasteiger partial charge in [0.1, 0.15) is 12.3 Å². The number of benzene rings is 3. The van der Waals surface area contributed by atoms with Crippen LogP contribution in [0.3, 0.4) is 0 Å². The first-order valence-electron chi connectivity index (χ1n) is 13.7. The van der Waals surface area contributed by atoms with Crippen LogP contribution in [0.1, 0.15) is 27.7 Å². The normalized spacial score (nSPS) is 11.3. The fraction of sp³-hybridized carbons (Fsp3) is 0.250. The van der Waals surface area contributed by atoms with E-state index in [1.165, 1.54) is 0 Å². The van der Waals surface area contributed by atoms with E-state index in [-0.39, 0.29) is 37.0 Å². The Balaban J connectivity index is 1.41. The van der Waals surface area contributed by atoms with Crippen LogP contribution in [0.4, 0.5) is 11.4 Å². The second-order valence-corrected chi connectivity index (χ2v) is 10.6. The molecule has 0 aliphatic carbocycles. The molecule has 5 aromatic rings. The Hall–Kier alpha value is -4.92. The number of aromatic nitrogens is 3. The molecule has 0 aliphatic rings. The van der Waals surface area contributed by atoms with E-state index in [4.69, 9.17) is 9.72 Å². The highest BCUT2D eigenvalue weighted by atomic mass is 16.5. The van der Waals surface area contributed by atoms with Gasteiger partial charge >= 0.3 is 0 Å². The summed E-state index contributed by atoms with van der Waals surface area (Å²) in [4.78, 5) is 29.1. The maximum atomic E-state index is 12.2. The molecule has 2 heterocycles. The number of carbonyl (C=O) groups excluding carboxylic acids is 2. The first kappa shape index (κ1) is 27.6. The predicted octanol–water partition coefficient (Wildman–Crippen LogP) is 5.42. The van der Waals surface area contributed by atoms with Crippen molar-refractivity contribution in [3.8, 4) is 17.0 Å². The molecule has 3 N–H and O–H groups in total. The number of ether oxygens (including phenoxy) is 1. The fourth-order valence-corrected chi connectivity index (χ4v) is 4.59. The number of hydrogen-bond acceptors (Lipinski definition) is 6. The van der Waals surface area contributed by atoms with Gasteiger partial charge in [0.25, 0.3) is 5.91 Å². The molecule has 210 valence electrons. The van der Waals surface area contributed by atoms with Crippen molar-refractivity contribution in [1.29, 1.82) is 0 Å². The summed E-state index contributed by atoms with van der Waals surface area (Å²) in [7, 11) is 0. The highest BCUT2D eigenvalue weighted by molar-refractivity contribution is 5.96. The Labute approximate surface area is 238 Å². The molecule has 0 spiro atoms. The van der Waals surface area contributed by atoms with Crippen LogP contribution in [0, 0.1) is 0 Å². The number of carbonyl (C=O) groups is 2. The summed E-state index contributed by atoms with van der Waals surface area (Å²) in [5, 5.41) is 15.7. The molecule has 0 aliphatic heterocycles. The van der Waals surface area contributed by atoms with Crippen LogP contribution in [0.5, 0.6) is 5.75 Å². The molecule has 2 aromatic heterocycles. The van der Waals surface area contributed by atoms with Gasteiger partial charge in [0.2, 0.25) is 5.91 Å².